The van der Waals surface area contributed by atoms with Gasteiger partial charge < -0.3 is 15.2 Å². The van der Waals surface area contributed by atoms with E-state index in [-0.39, 0.29) is 12.6 Å². The number of aliphatic hydroxyl groups excluding tert-OH is 1. The molecule has 1 atom stereocenters. The minimum absolute atomic E-state index is 0.135. The molecule has 2 N–H and O–H groups in total. The summed E-state index contributed by atoms with van der Waals surface area (Å²) >= 11 is 1.54. The number of carbonyl (C=O) groups excluding carboxylic acids is 1. The normalized spacial score (nSPS) is 14.7. The smallest absolute Gasteiger partial charge is 0.326 e. The lowest BCUT2D eigenvalue weighted by Gasteiger charge is -2.27. The van der Waals surface area contributed by atoms with E-state index in [0.717, 1.165) is 13.0 Å². The van der Waals surface area contributed by atoms with Crippen molar-refractivity contribution < 1.29 is 14.6 Å². The summed E-state index contributed by atoms with van der Waals surface area (Å²) in [5, 5.41) is 11.9. The molecule has 1 unspecified atom stereocenters. The minimum atomic E-state index is -0.648. The van der Waals surface area contributed by atoms with Gasteiger partial charge in [-0.05, 0) is 19.9 Å². The summed E-state index contributed by atoms with van der Waals surface area (Å²) in [7, 11) is 1.39. The van der Waals surface area contributed by atoms with Crippen LogP contribution in [0.2, 0.25) is 0 Å². The van der Waals surface area contributed by atoms with Crippen LogP contribution in [0.3, 0.4) is 0 Å². The molecular weight excluding hydrogens is 214 g/mol. The van der Waals surface area contributed by atoms with Crippen LogP contribution in [0, 0.1) is 0 Å². The highest BCUT2D eigenvalue weighted by atomic mass is 32.2. The van der Waals surface area contributed by atoms with Crippen LogP contribution < -0.4 is 5.32 Å². The van der Waals surface area contributed by atoms with Crippen LogP contribution in [0.4, 0.5) is 0 Å². The summed E-state index contributed by atoms with van der Waals surface area (Å²) in [4.78, 5) is 11.6. The predicted octanol–water partition coefficient (Wildman–Crippen LogP) is 0.643. The lowest BCUT2D eigenvalue weighted by atomic mass is 10.1. The summed E-state index contributed by atoms with van der Waals surface area (Å²) in [5.41, 5.74) is -0.648. The zero-order valence-corrected chi connectivity index (χ0v) is 10.5. The van der Waals surface area contributed by atoms with E-state index in [9.17, 15) is 4.79 Å². The van der Waals surface area contributed by atoms with E-state index in [2.05, 4.69) is 5.32 Å². The maximum absolute atomic E-state index is 11.6. The fourth-order valence-corrected chi connectivity index (χ4v) is 2.05. The van der Waals surface area contributed by atoms with Crippen molar-refractivity contribution in [2.45, 2.75) is 25.8 Å². The third-order valence-corrected chi connectivity index (χ3v) is 3.28. The number of thioether (sulfide) groups is 1. The van der Waals surface area contributed by atoms with Crippen molar-refractivity contribution in [1.82, 2.24) is 5.32 Å². The lowest BCUT2D eigenvalue weighted by Crippen LogP contribution is -2.52. The molecule has 0 heterocycles. The van der Waals surface area contributed by atoms with E-state index in [1.54, 1.807) is 11.8 Å². The zero-order valence-electron chi connectivity index (χ0n) is 9.71. The van der Waals surface area contributed by atoms with Crippen molar-refractivity contribution in [3.05, 3.63) is 0 Å². The van der Waals surface area contributed by atoms with Crippen molar-refractivity contribution in [1.29, 1.82) is 0 Å². The van der Waals surface area contributed by atoms with Gasteiger partial charge in [0.2, 0.25) is 0 Å². The second kappa shape index (κ2) is 7.96. The zero-order chi connectivity index (χ0) is 11.7. The summed E-state index contributed by atoms with van der Waals surface area (Å²) in [6.07, 6.45) is 0.969. The van der Waals surface area contributed by atoms with Crippen LogP contribution in [-0.4, -0.2) is 48.4 Å². The van der Waals surface area contributed by atoms with Gasteiger partial charge in [0.15, 0.2) is 0 Å². The largest absolute Gasteiger partial charge is 0.468 e. The van der Waals surface area contributed by atoms with Gasteiger partial charge in [0.05, 0.1) is 13.7 Å². The minimum Gasteiger partial charge on any atom is -0.468 e. The number of carbonyl (C=O) groups is 1. The molecule has 0 aromatic carbocycles. The van der Waals surface area contributed by atoms with Crippen LogP contribution in [-0.2, 0) is 9.53 Å². The Kier molecular flexibility index (Phi) is 7.82. The fourth-order valence-electron chi connectivity index (χ4n) is 1.15. The quantitative estimate of drug-likeness (QED) is 0.478. The second-order valence-corrected chi connectivity index (χ2v) is 4.63. The maximum Gasteiger partial charge on any atom is 0.326 e. The number of rotatable bonds is 8. The predicted molar refractivity (Wildman–Crippen MR) is 63.1 cm³/mol. The van der Waals surface area contributed by atoms with Gasteiger partial charge in [0.25, 0.3) is 0 Å². The fraction of sp³-hybridized carbons (Fsp3) is 0.900. The SMILES string of the molecule is CCCNC(C)(CSCCO)C(=O)OC. The van der Waals surface area contributed by atoms with E-state index in [4.69, 9.17) is 9.84 Å². The molecule has 0 rings (SSSR count). The average molecular weight is 235 g/mol. The Hall–Kier alpha value is -0.260. The average Bonchev–Trinajstić information content (AvgIpc) is 2.25. The van der Waals surface area contributed by atoms with Crippen LogP contribution in [0.15, 0.2) is 0 Å². The number of methoxy groups -OCH3 is 1. The van der Waals surface area contributed by atoms with E-state index in [1.165, 1.54) is 7.11 Å². The van der Waals surface area contributed by atoms with E-state index in [1.807, 2.05) is 13.8 Å². The standard InChI is InChI=1S/C10H21NO3S/c1-4-5-11-10(2,9(13)14-3)8-15-7-6-12/h11-12H,4-8H2,1-3H3. The van der Waals surface area contributed by atoms with Gasteiger partial charge in [-0.2, -0.15) is 11.8 Å². The molecule has 0 spiro atoms. The third-order valence-electron chi connectivity index (χ3n) is 2.03. The number of ether oxygens (including phenoxy) is 1. The molecule has 0 radical (unpaired) electrons. The highest BCUT2D eigenvalue weighted by Crippen LogP contribution is 2.14. The Bertz CT molecular complexity index is 190. The van der Waals surface area contributed by atoms with Crippen molar-refractivity contribution in [3.8, 4) is 0 Å². The first-order valence-corrected chi connectivity index (χ1v) is 6.28. The molecule has 0 fully saturated rings. The Labute approximate surface area is 95.8 Å². The first-order chi connectivity index (χ1) is 7.10. The van der Waals surface area contributed by atoms with Crippen molar-refractivity contribution >= 4 is 17.7 Å². The molecule has 0 aliphatic carbocycles. The molecule has 5 heteroatoms. The van der Waals surface area contributed by atoms with Crippen LogP contribution in [0.25, 0.3) is 0 Å². The number of hydrogen-bond acceptors (Lipinski definition) is 5. The summed E-state index contributed by atoms with van der Waals surface area (Å²) in [5.74, 6) is 1.00. The molecule has 0 aromatic heterocycles. The van der Waals surface area contributed by atoms with Gasteiger partial charge in [0.1, 0.15) is 5.54 Å². The van der Waals surface area contributed by atoms with Crippen molar-refractivity contribution in [2.24, 2.45) is 0 Å². The van der Waals surface area contributed by atoms with Crippen LogP contribution in [0.1, 0.15) is 20.3 Å². The van der Waals surface area contributed by atoms with Crippen molar-refractivity contribution in [2.75, 3.05) is 31.8 Å². The van der Waals surface area contributed by atoms with Gasteiger partial charge in [-0.3, -0.25) is 4.79 Å². The number of hydrogen-bond donors (Lipinski definition) is 2. The second-order valence-electron chi connectivity index (χ2n) is 3.53. The highest BCUT2D eigenvalue weighted by molar-refractivity contribution is 7.99. The number of nitrogens with one attached hydrogen (secondary N) is 1. The van der Waals surface area contributed by atoms with Gasteiger partial charge in [-0.15, -0.1) is 0 Å². The number of aliphatic hydroxyl groups is 1. The van der Waals surface area contributed by atoms with E-state index >= 15 is 0 Å². The lowest BCUT2D eigenvalue weighted by molar-refractivity contribution is -0.146. The molecule has 0 saturated heterocycles. The Morgan fingerprint density at radius 3 is 2.73 bits per heavy atom. The Morgan fingerprint density at radius 1 is 1.60 bits per heavy atom. The van der Waals surface area contributed by atoms with Gasteiger partial charge in [-0.1, -0.05) is 6.92 Å². The van der Waals surface area contributed by atoms with Gasteiger partial charge in [0, 0.05) is 11.5 Å². The van der Waals surface area contributed by atoms with Gasteiger partial charge in [-0.25, -0.2) is 0 Å². The third kappa shape index (κ3) is 5.39. The molecule has 0 amide bonds. The summed E-state index contributed by atoms with van der Waals surface area (Å²) < 4.78 is 4.77. The molecule has 0 bridgehead atoms. The monoisotopic (exact) mass is 235 g/mol. The topological polar surface area (TPSA) is 58.6 Å². The maximum atomic E-state index is 11.6. The summed E-state index contributed by atoms with van der Waals surface area (Å²) in [6.45, 7) is 4.80. The van der Waals surface area contributed by atoms with E-state index in [0.29, 0.717) is 11.5 Å². The molecule has 0 saturated carbocycles. The molecule has 4 nitrogen and oxygen atoms in total. The molecule has 90 valence electrons. The van der Waals surface area contributed by atoms with E-state index < -0.39 is 5.54 Å². The first kappa shape index (κ1) is 14.7. The summed E-state index contributed by atoms with van der Waals surface area (Å²) in [6, 6.07) is 0. The number of esters is 1. The van der Waals surface area contributed by atoms with Crippen molar-refractivity contribution in [3.63, 3.8) is 0 Å². The van der Waals surface area contributed by atoms with Crippen LogP contribution >= 0.6 is 11.8 Å². The first-order valence-electron chi connectivity index (χ1n) is 5.12. The Balaban J connectivity index is 4.20. The van der Waals surface area contributed by atoms with Gasteiger partial charge >= 0.3 is 5.97 Å². The Morgan fingerprint density at radius 2 is 2.27 bits per heavy atom. The highest BCUT2D eigenvalue weighted by Gasteiger charge is 2.33. The molecule has 0 aliphatic rings. The molecule has 15 heavy (non-hydrogen) atoms. The molecule has 0 aromatic rings. The van der Waals surface area contributed by atoms with Crippen LogP contribution in [0.5, 0.6) is 0 Å². The molecule has 0 aliphatic heterocycles. The molecular formula is C10H21NO3S.